The summed E-state index contributed by atoms with van der Waals surface area (Å²) in [5.41, 5.74) is 0. The molecule has 11 heavy (non-hydrogen) atoms. The molecule has 1 saturated carbocycles. The topological polar surface area (TPSA) is 23.5 Å². The molecule has 2 heteroatoms. The minimum absolute atomic E-state index is 0.0613. The highest BCUT2D eigenvalue weighted by molar-refractivity contribution is 4.87. The monoisotopic (exact) mass is 155 g/mol. The van der Waals surface area contributed by atoms with E-state index in [2.05, 4.69) is 11.8 Å². The van der Waals surface area contributed by atoms with E-state index in [-0.39, 0.29) is 6.10 Å². The standard InChI is InChI=1S/C9H17NO/c1-7-9(11)4-5-10(7)6-8-2-3-8/h7-9,11H,2-6H2,1H3/t7-,9+/m0/s1. The van der Waals surface area contributed by atoms with Gasteiger partial charge in [0.25, 0.3) is 0 Å². The van der Waals surface area contributed by atoms with Crippen LogP contribution in [0.4, 0.5) is 0 Å². The molecule has 2 rings (SSSR count). The molecular formula is C9H17NO. The van der Waals surface area contributed by atoms with Gasteiger partial charge in [0.1, 0.15) is 0 Å². The molecule has 0 aromatic heterocycles. The van der Waals surface area contributed by atoms with Crippen molar-refractivity contribution in [1.29, 1.82) is 0 Å². The third-order valence-corrected chi connectivity index (χ3v) is 3.03. The largest absolute Gasteiger partial charge is 0.391 e. The Bertz CT molecular complexity index is 144. The quantitative estimate of drug-likeness (QED) is 0.639. The maximum Gasteiger partial charge on any atom is 0.0704 e. The SMILES string of the molecule is C[C@H]1[C@H](O)CCN1CC1CC1. The lowest BCUT2D eigenvalue weighted by Crippen LogP contribution is -2.33. The molecule has 1 saturated heterocycles. The Balaban J connectivity index is 1.83. The Morgan fingerprint density at radius 1 is 1.36 bits per heavy atom. The van der Waals surface area contributed by atoms with E-state index in [0.29, 0.717) is 6.04 Å². The van der Waals surface area contributed by atoms with Crippen LogP contribution in [-0.4, -0.2) is 35.2 Å². The zero-order valence-corrected chi connectivity index (χ0v) is 7.16. The van der Waals surface area contributed by atoms with E-state index in [1.54, 1.807) is 0 Å². The van der Waals surface area contributed by atoms with Crippen LogP contribution in [-0.2, 0) is 0 Å². The number of aliphatic hydroxyl groups excluding tert-OH is 1. The molecule has 0 spiro atoms. The second kappa shape index (κ2) is 2.76. The lowest BCUT2D eigenvalue weighted by molar-refractivity contribution is 0.124. The van der Waals surface area contributed by atoms with Crippen LogP contribution < -0.4 is 0 Å². The fourth-order valence-electron chi connectivity index (χ4n) is 1.88. The Labute approximate surface area is 68.2 Å². The molecule has 1 aliphatic carbocycles. The summed E-state index contributed by atoms with van der Waals surface area (Å²) >= 11 is 0. The first-order chi connectivity index (χ1) is 5.27. The Morgan fingerprint density at radius 2 is 2.09 bits per heavy atom. The van der Waals surface area contributed by atoms with Crippen LogP contribution in [0.2, 0.25) is 0 Å². The van der Waals surface area contributed by atoms with Crippen LogP contribution in [0.5, 0.6) is 0 Å². The fraction of sp³-hybridized carbons (Fsp3) is 1.00. The van der Waals surface area contributed by atoms with E-state index in [9.17, 15) is 5.11 Å². The van der Waals surface area contributed by atoms with Gasteiger partial charge < -0.3 is 5.11 Å². The van der Waals surface area contributed by atoms with Crippen molar-refractivity contribution in [2.24, 2.45) is 5.92 Å². The van der Waals surface area contributed by atoms with Crippen LogP contribution in [0, 0.1) is 5.92 Å². The van der Waals surface area contributed by atoms with Gasteiger partial charge in [0.2, 0.25) is 0 Å². The minimum Gasteiger partial charge on any atom is -0.391 e. The third-order valence-electron chi connectivity index (χ3n) is 3.03. The van der Waals surface area contributed by atoms with Gasteiger partial charge in [-0.25, -0.2) is 0 Å². The summed E-state index contributed by atoms with van der Waals surface area (Å²) in [6, 6.07) is 0.413. The number of likely N-dealkylation sites (tertiary alicyclic amines) is 1. The molecule has 2 fully saturated rings. The van der Waals surface area contributed by atoms with Crippen molar-refractivity contribution in [3.63, 3.8) is 0 Å². The summed E-state index contributed by atoms with van der Waals surface area (Å²) in [4.78, 5) is 2.43. The van der Waals surface area contributed by atoms with Crippen LogP contribution in [0.1, 0.15) is 26.2 Å². The summed E-state index contributed by atoms with van der Waals surface area (Å²) in [7, 11) is 0. The lowest BCUT2D eigenvalue weighted by atomic mass is 10.2. The highest BCUT2D eigenvalue weighted by atomic mass is 16.3. The number of hydrogen-bond acceptors (Lipinski definition) is 2. The van der Waals surface area contributed by atoms with Crippen molar-refractivity contribution in [2.45, 2.75) is 38.3 Å². The second-order valence-corrected chi connectivity index (χ2v) is 4.03. The molecule has 0 radical (unpaired) electrons. The van der Waals surface area contributed by atoms with Crippen molar-refractivity contribution >= 4 is 0 Å². The van der Waals surface area contributed by atoms with E-state index in [4.69, 9.17) is 0 Å². The molecule has 2 nitrogen and oxygen atoms in total. The second-order valence-electron chi connectivity index (χ2n) is 4.03. The summed E-state index contributed by atoms with van der Waals surface area (Å²) in [6.45, 7) is 4.48. The minimum atomic E-state index is -0.0613. The molecule has 1 aliphatic heterocycles. The van der Waals surface area contributed by atoms with Crippen molar-refractivity contribution < 1.29 is 5.11 Å². The van der Waals surface area contributed by atoms with E-state index < -0.39 is 0 Å². The Kier molecular flexibility index (Phi) is 1.90. The van der Waals surface area contributed by atoms with E-state index >= 15 is 0 Å². The van der Waals surface area contributed by atoms with E-state index in [1.165, 1.54) is 19.4 Å². The van der Waals surface area contributed by atoms with Gasteiger partial charge in [-0.1, -0.05) is 0 Å². The molecule has 1 heterocycles. The summed E-state index contributed by atoms with van der Waals surface area (Å²) < 4.78 is 0. The molecule has 2 atom stereocenters. The smallest absolute Gasteiger partial charge is 0.0704 e. The Hall–Kier alpha value is -0.0800. The average Bonchev–Trinajstić information content (AvgIpc) is 2.74. The molecule has 0 unspecified atom stereocenters. The van der Waals surface area contributed by atoms with E-state index in [0.717, 1.165) is 18.9 Å². The predicted molar refractivity (Wildman–Crippen MR) is 44.4 cm³/mol. The first kappa shape index (κ1) is 7.56. The molecule has 0 amide bonds. The molecule has 2 aliphatic rings. The molecule has 0 aromatic rings. The van der Waals surface area contributed by atoms with Crippen LogP contribution >= 0.6 is 0 Å². The average molecular weight is 155 g/mol. The highest BCUT2D eigenvalue weighted by Crippen LogP contribution is 2.32. The van der Waals surface area contributed by atoms with Gasteiger partial charge in [0.15, 0.2) is 0 Å². The van der Waals surface area contributed by atoms with Crippen LogP contribution in [0.25, 0.3) is 0 Å². The zero-order valence-electron chi connectivity index (χ0n) is 7.16. The first-order valence-electron chi connectivity index (χ1n) is 4.69. The number of aliphatic hydroxyl groups is 1. The predicted octanol–water partition coefficient (Wildman–Crippen LogP) is 0.851. The van der Waals surface area contributed by atoms with Gasteiger partial charge >= 0.3 is 0 Å². The molecule has 0 aromatic carbocycles. The number of hydrogen-bond donors (Lipinski definition) is 1. The number of nitrogens with zero attached hydrogens (tertiary/aromatic N) is 1. The molecule has 64 valence electrons. The van der Waals surface area contributed by atoms with Gasteiger partial charge in [-0.05, 0) is 32.1 Å². The van der Waals surface area contributed by atoms with Crippen molar-refractivity contribution in [3.8, 4) is 0 Å². The molecule has 1 N–H and O–H groups in total. The van der Waals surface area contributed by atoms with Crippen LogP contribution in [0.3, 0.4) is 0 Å². The van der Waals surface area contributed by atoms with Gasteiger partial charge in [0, 0.05) is 19.1 Å². The maximum absolute atomic E-state index is 9.46. The maximum atomic E-state index is 9.46. The fourth-order valence-corrected chi connectivity index (χ4v) is 1.88. The van der Waals surface area contributed by atoms with Gasteiger partial charge in [-0.15, -0.1) is 0 Å². The van der Waals surface area contributed by atoms with Gasteiger partial charge in [0.05, 0.1) is 6.10 Å². The third kappa shape index (κ3) is 1.57. The molecule has 0 bridgehead atoms. The Morgan fingerprint density at radius 3 is 2.55 bits per heavy atom. The summed E-state index contributed by atoms with van der Waals surface area (Å²) in [5, 5.41) is 9.46. The highest BCUT2D eigenvalue weighted by Gasteiger charge is 2.33. The zero-order chi connectivity index (χ0) is 7.84. The number of rotatable bonds is 2. The van der Waals surface area contributed by atoms with Crippen molar-refractivity contribution in [1.82, 2.24) is 4.90 Å². The normalized spacial score (nSPS) is 39.8. The molecular weight excluding hydrogens is 138 g/mol. The first-order valence-corrected chi connectivity index (χ1v) is 4.69. The summed E-state index contributed by atoms with van der Waals surface area (Å²) in [6.07, 6.45) is 3.75. The van der Waals surface area contributed by atoms with Crippen molar-refractivity contribution in [2.75, 3.05) is 13.1 Å². The van der Waals surface area contributed by atoms with Crippen LogP contribution in [0.15, 0.2) is 0 Å². The van der Waals surface area contributed by atoms with Gasteiger partial charge in [-0.2, -0.15) is 0 Å². The van der Waals surface area contributed by atoms with E-state index in [1.807, 2.05) is 0 Å². The van der Waals surface area contributed by atoms with Crippen molar-refractivity contribution in [3.05, 3.63) is 0 Å². The van der Waals surface area contributed by atoms with Gasteiger partial charge in [-0.3, -0.25) is 4.90 Å². The lowest BCUT2D eigenvalue weighted by Gasteiger charge is -2.21. The summed E-state index contributed by atoms with van der Waals surface area (Å²) in [5.74, 6) is 0.961.